The quantitative estimate of drug-likeness (QED) is 0.672. The van der Waals surface area contributed by atoms with E-state index in [1.165, 1.54) is 5.56 Å². The van der Waals surface area contributed by atoms with Gasteiger partial charge in [0.15, 0.2) is 0 Å². The van der Waals surface area contributed by atoms with Gasteiger partial charge >= 0.3 is 0 Å². The van der Waals surface area contributed by atoms with Crippen LogP contribution in [0.5, 0.6) is 0 Å². The van der Waals surface area contributed by atoms with Gasteiger partial charge < -0.3 is 0 Å². The molecule has 0 atom stereocenters. The molecule has 0 saturated heterocycles. The van der Waals surface area contributed by atoms with E-state index in [0.717, 1.165) is 12.1 Å². The molecule has 0 aliphatic carbocycles. The zero-order chi connectivity index (χ0) is 10.9. The van der Waals surface area contributed by atoms with E-state index < -0.39 is 0 Å². The molecule has 76 valence electrons. The first-order valence-corrected chi connectivity index (χ1v) is 4.89. The average Bonchev–Trinajstić information content (AvgIpc) is 2.34. The van der Waals surface area contributed by atoms with E-state index in [4.69, 9.17) is 0 Å². The summed E-state index contributed by atoms with van der Waals surface area (Å²) in [7, 11) is 0. The van der Waals surface area contributed by atoms with Crippen molar-refractivity contribution in [2.45, 2.75) is 6.42 Å². The molecule has 0 unspecified atom stereocenters. The maximum atomic E-state index is 4.27. The van der Waals surface area contributed by atoms with E-state index in [1.54, 1.807) is 0 Å². The molecule has 0 spiro atoms. The lowest BCUT2D eigenvalue weighted by molar-refractivity contribution is 1.07. The highest BCUT2D eigenvalue weighted by Crippen LogP contribution is 2.05. The molecule has 0 bridgehead atoms. The third kappa shape index (κ3) is 3.77. The lowest BCUT2D eigenvalue weighted by Crippen LogP contribution is -1.89. The highest BCUT2D eigenvalue weighted by Gasteiger charge is 1.94. The van der Waals surface area contributed by atoms with Gasteiger partial charge in [-0.2, -0.15) is 0 Å². The van der Waals surface area contributed by atoms with E-state index in [-0.39, 0.29) is 0 Å². The lowest BCUT2D eigenvalue weighted by Gasteiger charge is -1.99. The number of nitrogens with zero attached hydrogens (tertiary/aromatic N) is 1. The van der Waals surface area contributed by atoms with E-state index in [0.29, 0.717) is 0 Å². The predicted octanol–water partition coefficient (Wildman–Crippen LogP) is 3.47. The van der Waals surface area contributed by atoms with Gasteiger partial charge in [0.25, 0.3) is 0 Å². The Balaban J connectivity index is 0.000000531. The summed E-state index contributed by atoms with van der Waals surface area (Å²) in [4.78, 5) is 4.27. The number of rotatable bonds is 2. The molecule has 2 rings (SSSR count). The second-order valence-electron chi connectivity index (χ2n) is 2.98. The van der Waals surface area contributed by atoms with Crippen molar-refractivity contribution in [3.63, 3.8) is 0 Å². The Bertz CT molecular complexity index is 330. The second-order valence-corrected chi connectivity index (χ2v) is 2.98. The Labute approximate surface area is 91.1 Å². The number of benzene rings is 1. The van der Waals surface area contributed by atoms with E-state index in [1.807, 2.05) is 30.5 Å². The highest BCUT2D eigenvalue weighted by atomic mass is 14.7. The second kappa shape index (κ2) is 6.55. The number of pyridine rings is 1. The highest BCUT2D eigenvalue weighted by molar-refractivity contribution is 5.21. The van der Waals surface area contributed by atoms with Crippen LogP contribution in [0.1, 0.15) is 11.3 Å². The third-order valence-corrected chi connectivity index (χ3v) is 1.95. The van der Waals surface area contributed by atoms with Gasteiger partial charge in [-0.05, 0) is 17.7 Å². The fourth-order valence-electron chi connectivity index (χ4n) is 1.31. The van der Waals surface area contributed by atoms with Gasteiger partial charge in [-0.1, -0.05) is 36.4 Å². The van der Waals surface area contributed by atoms with E-state index in [2.05, 4.69) is 42.4 Å². The van der Waals surface area contributed by atoms with Crippen LogP contribution in [0.4, 0.5) is 0 Å². The van der Waals surface area contributed by atoms with Crippen molar-refractivity contribution in [1.29, 1.82) is 0 Å². The van der Waals surface area contributed by atoms with E-state index >= 15 is 0 Å². The van der Waals surface area contributed by atoms with Crippen LogP contribution in [-0.2, 0) is 6.42 Å². The molecule has 1 heteroatoms. The van der Waals surface area contributed by atoms with Gasteiger partial charge in [0, 0.05) is 18.3 Å². The zero-order valence-electron chi connectivity index (χ0n) is 8.76. The van der Waals surface area contributed by atoms with Crippen LogP contribution in [-0.4, -0.2) is 4.98 Å². The van der Waals surface area contributed by atoms with Crippen molar-refractivity contribution in [2.75, 3.05) is 0 Å². The monoisotopic (exact) mass is 197 g/mol. The van der Waals surface area contributed by atoms with Gasteiger partial charge in [0.2, 0.25) is 0 Å². The largest absolute Gasteiger partial charge is 0.261 e. The zero-order valence-corrected chi connectivity index (χ0v) is 8.76. The molecule has 0 saturated carbocycles. The molecule has 1 aromatic carbocycles. The van der Waals surface area contributed by atoms with Crippen molar-refractivity contribution >= 4 is 0 Å². The van der Waals surface area contributed by atoms with Crippen molar-refractivity contribution < 1.29 is 0 Å². The van der Waals surface area contributed by atoms with Gasteiger partial charge in [0.1, 0.15) is 0 Å². The van der Waals surface area contributed by atoms with Crippen LogP contribution in [0.3, 0.4) is 0 Å². The van der Waals surface area contributed by atoms with Crippen molar-refractivity contribution in [3.05, 3.63) is 79.1 Å². The molecule has 0 fully saturated rings. The van der Waals surface area contributed by atoms with Gasteiger partial charge in [-0.3, -0.25) is 4.98 Å². The predicted molar refractivity (Wildman–Crippen MR) is 64.7 cm³/mol. The Kier molecular flexibility index (Phi) is 4.88. The summed E-state index contributed by atoms with van der Waals surface area (Å²) in [6.45, 7) is 6.00. The summed E-state index contributed by atoms with van der Waals surface area (Å²) in [6.07, 6.45) is 2.75. The first kappa shape index (κ1) is 11.2. The standard InChI is InChI=1S/C12H11N.C2H4/c1-2-6-11(7-3-1)10-12-8-4-5-9-13-12;1-2/h1-9H,10H2;1-2H2. The molecular formula is C14H15N. The fourth-order valence-corrected chi connectivity index (χ4v) is 1.31. The minimum Gasteiger partial charge on any atom is -0.261 e. The van der Waals surface area contributed by atoms with Crippen molar-refractivity contribution in [2.24, 2.45) is 0 Å². The van der Waals surface area contributed by atoms with Crippen molar-refractivity contribution in [1.82, 2.24) is 4.98 Å². The van der Waals surface area contributed by atoms with Crippen LogP contribution in [0, 0.1) is 0 Å². The molecule has 0 amide bonds. The summed E-state index contributed by atoms with van der Waals surface area (Å²) >= 11 is 0. The molecule has 1 nitrogen and oxygen atoms in total. The summed E-state index contributed by atoms with van der Waals surface area (Å²) in [6, 6.07) is 16.4. The van der Waals surface area contributed by atoms with E-state index in [9.17, 15) is 0 Å². The third-order valence-electron chi connectivity index (χ3n) is 1.95. The lowest BCUT2D eigenvalue weighted by atomic mass is 10.1. The molecule has 0 radical (unpaired) electrons. The molecule has 0 N–H and O–H groups in total. The summed E-state index contributed by atoms with van der Waals surface area (Å²) in [5.74, 6) is 0. The maximum Gasteiger partial charge on any atom is 0.0447 e. The van der Waals surface area contributed by atoms with Crippen LogP contribution in [0.15, 0.2) is 67.9 Å². The number of hydrogen-bond acceptors (Lipinski definition) is 1. The molecule has 2 aromatic rings. The Hall–Kier alpha value is -1.89. The first-order chi connectivity index (χ1) is 7.45. The molecule has 1 aromatic heterocycles. The Morgan fingerprint density at radius 2 is 1.53 bits per heavy atom. The maximum absolute atomic E-state index is 4.27. The number of aromatic nitrogens is 1. The summed E-state index contributed by atoms with van der Waals surface area (Å²) < 4.78 is 0. The molecule has 0 aliphatic heterocycles. The van der Waals surface area contributed by atoms with Crippen LogP contribution >= 0.6 is 0 Å². The van der Waals surface area contributed by atoms with Crippen molar-refractivity contribution in [3.8, 4) is 0 Å². The molecule has 0 aliphatic rings. The SMILES string of the molecule is C=C.c1ccc(Cc2ccccn2)cc1. The fraction of sp³-hybridized carbons (Fsp3) is 0.0714. The van der Waals surface area contributed by atoms with Gasteiger partial charge in [-0.15, -0.1) is 13.2 Å². The normalized spacial score (nSPS) is 8.80. The Morgan fingerprint density at radius 1 is 0.867 bits per heavy atom. The number of hydrogen-bond donors (Lipinski definition) is 0. The minimum atomic E-state index is 0.918. The van der Waals surface area contributed by atoms with Crippen LogP contribution in [0.2, 0.25) is 0 Å². The summed E-state index contributed by atoms with van der Waals surface area (Å²) in [5, 5.41) is 0. The first-order valence-electron chi connectivity index (χ1n) is 4.89. The Morgan fingerprint density at radius 3 is 2.13 bits per heavy atom. The molecule has 15 heavy (non-hydrogen) atoms. The summed E-state index contributed by atoms with van der Waals surface area (Å²) in [5.41, 5.74) is 2.43. The molecular weight excluding hydrogens is 182 g/mol. The minimum absolute atomic E-state index is 0.918. The molecule has 1 heterocycles. The van der Waals surface area contributed by atoms with Gasteiger partial charge in [-0.25, -0.2) is 0 Å². The average molecular weight is 197 g/mol. The topological polar surface area (TPSA) is 12.9 Å². The van der Waals surface area contributed by atoms with Crippen LogP contribution < -0.4 is 0 Å². The smallest absolute Gasteiger partial charge is 0.0447 e. The van der Waals surface area contributed by atoms with Crippen LogP contribution in [0.25, 0.3) is 0 Å². The van der Waals surface area contributed by atoms with Gasteiger partial charge in [0.05, 0.1) is 0 Å².